The molecule has 4 aromatic rings. The minimum Gasteiger partial charge on any atom is -0.319 e. The predicted molar refractivity (Wildman–Crippen MR) is 126 cm³/mol. The Morgan fingerprint density at radius 1 is 1.10 bits per heavy atom. The average molecular weight is 498 g/mol. The van der Waals surface area contributed by atoms with Crippen LogP contribution in [0.15, 0.2) is 81.4 Å². The second kappa shape index (κ2) is 8.99. The molecule has 0 spiro atoms. The van der Waals surface area contributed by atoms with Crippen LogP contribution in [-0.2, 0) is 11.8 Å². The molecular formula is C22H20BrN5O2S. The largest absolute Gasteiger partial charge is 0.319 e. The number of thioether (sulfide) groups is 1. The lowest BCUT2D eigenvalue weighted by Crippen LogP contribution is -2.23. The van der Waals surface area contributed by atoms with Crippen molar-refractivity contribution in [2.45, 2.75) is 12.1 Å². The first-order valence-electron chi connectivity index (χ1n) is 9.51. The summed E-state index contributed by atoms with van der Waals surface area (Å²) in [5.41, 5.74) is 2.40. The van der Waals surface area contributed by atoms with E-state index < -0.39 is 0 Å². The number of benzene rings is 2. The van der Waals surface area contributed by atoms with Crippen molar-refractivity contribution >= 4 is 39.3 Å². The van der Waals surface area contributed by atoms with Crippen molar-refractivity contribution in [3.8, 4) is 11.4 Å². The molecular weight excluding hydrogens is 478 g/mol. The zero-order valence-corrected chi connectivity index (χ0v) is 19.4. The summed E-state index contributed by atoms with van der Waals surface area (Å²) in [5, 5.41) is 3.48. The van der Waals surface area contributed by atoms with Crippen molar-refractivity contribution in [2.24, 2.45) is 7.05 Å². The molecule has 4 rings (SSSR count). The van der Waals surface area contributed by atoms with E-state index in [1.165, 1.54) is 11.8 Å². The molecule has 7 nitrogen and oxygen atoms in total. The Balaban J connectivity index is 1.49. The van der Waals surface area contributed by atoms with Crippen LogP contribution in [0.3, 0.4) is 0 Å². The number of anilines is 1. The van der Waals surface area contributed by atoms with Crippen LogP contribution < -0.4 is 10.9 Å². The van der Waals surface area contributed by atoms with E-state index in [-0.39, 0.29) is 22.9 Å². The summed E-state index contributed by atoms with van der Waals surface area (Å²) in [5.74, 6) is -0.131. The summed E-state index contributed by atoms with van der Waals surface area (Å²) in [7, 11) is 1.79. The van der Waals surface area contributed by atoms with Gasteiger partial charge in [0.1, 0.15) is 5.69 Å². The number of carbonyl (C=O) groups excluding carboxylic acids is 1. The van der Waals surface area contributed by atoms with Gasteiger partial charge in [-0.2, -0.15) is 0 Å². The average Bonchev–Trinajstić information content (AvgIpc) is 3.32. The number of hydrogen-bond acceptors (Lipinski definition) is 4. The van der Waals surface area contributed by atoms with Gasteiger partial charge in [-0.15, -0.1) is 0 Å². The molecule has 2 aromatic heterocycles. The maximum Gasteiger partial charge on any atom is 0.295 e. The third-order valence-electron chi connectivity index (χ3n) is 4.86. The van der Waals surface area contributed by atoms with E-state index in [0.29, 0.717) is 10.9 Å². The Hall–Kier alpha value is -3.04. The molecule has 0 atom stereocenters. The predicted octanol–water partition coefficient (Wildman–Crippen LogP) is 4.16. The van der Waals surface area contributed by atoms with Crippen molar-refractivity contribution in [1.29, 1.82) is 0 Å². The highest BCUT2D eigenvalue weighted by Crippen LogP contribution is 2.22. The molecule has 0 fully saturated rings. The Morgan fingerprint density at radius 2 is 1.81 bits per heavy atom. The summed E-state index contributed by atoms with van der Waals surface area (Å²) < 4.78 is 6.18. The number of hydrogen-bond donors (Lipinski definition) is 1. The number of carbonyl (C=O) groups is 1. The van der Waals surface area contributed by atoms with Crippen molar-refractivity contribution in [2.75, 3.05) is 11.1 Å². The maximum absolute atomic E-state index is 12.9. The molecule has 158 valence electrons. The summed E-state index contributed by atoms with van der Waals surface area (Å²) >= 11 is 4.74. The van der Waals surface area contributed by atoms with Gasteiger partial charge >= 0.3 is 0 Å². The number of nitrogens with one attached hydrogen (secondary N) is 1. The molecule has 9 heteroatoms. The highest BCUT2D eigenvalue weighted by Gasteiger charge is 2.18. The van der Waals surface area contributed by atoms with Gasteiger partial charge in [-0.1, -0.05) is 45.9 Å². The van der Waals surface area contributed by atoms with Crippen LogP contribution in [0.2, 0.25) is 0 Å². The first kappa shape index (κ1) is 21.2. The second-order valence-corrected chi connectivity index (χ2v) is 8.69. The zero-order chi connectivity index (χ0) is 22.0. The van der Waals surface area contributed by atoms with Gasteiger partial charge in [0, 0.05) is 29.6 Å². The smallest absolute Gasteiger partial charge is 0.295 e. The fourth-order valence-electron chi connectivity index (χ4n) is 3.21. The van der Waals surface area contributed by atoms with E-state index in [9.17, 15) is 9.59 Å². The Kier molecular flexibility index (Phi) is 6.15. The lowest BCUT2D eigenvalue weighted by atomic mass is 10.3. The van der Waals surface area contributed by atoms with Crippen molar-refractivity contribution in [1.82, 2.24) is 18.9 Å². The molecule has 0 saturated carbocycles. The van der Waals surface area contributed by atoms with Gasteiger partial charge in [-0.3, -0.25) is 18.8 Å². The van der Waals surface area contributed by atoms with Gasteiger partial charge in [-0.05, 0) is 43.3 Å². The second-order valence-electron chi connectivity index (χ2n) is 6.83. The summed E-state index contributed by atoms with van der Waals surface area (Å²) in [6.45, 7) is 1.81. The Labute approximate surface area is 191 Å². The van der Waals surface area contributed by atoms with E-state index in [0.717, 1.165) is 15.8 Å². The fraction of sp³-hybridized carbons (Fsp3) is 0.136. The van der Waals surface area contributed by atoms with Crippen LogP contribution >= 0.6 is 27.7 Å². The van der Waals surface area contributed by atoms with Gasteiger partial charge in [0.15, 0.2) is 5.16 Å². The van der Waals surface area contributed by atoms with Gasteiger partial charge in [-0.25, -0.2) is 9.67 Å². The van der Waals surface area contributed by atoms with Gasteiger partial charge in [0.2, 0.25) is 5.91 Å². The van der Waals surface area contributed by atoms with Crippen molar-refractivity contribution < 1.29 is 4.79 Å². The standard InChI is InChI=1S/C22H20BrN5O2S/c1-15-20(21(30)28(26(15)2)18-6-4-3-5-7-18)25-19(29)14-31-22-24-12-13-27(22)17-10-8-16(23)9-11-17/h3-13H,14H2,1-2H3,(H,25,29). The number of rotatable bonds is 6. The minimum atomic E-state index is -0.263. The van der Waals surface area contributed by atoms with Crippen LogP contribution in [0, 0.1) is 6.92 Å². The quantitative estimate of drug-likeness (QED) is 0.405. The summed E-state index contributed by atoms with van der Waals surface area (Å²) in [6.07, 6.45) is 3.55. The number of amides is 1. The number of aromatic nitrogens is 4. The Morgan fingerprint density at radius 3 is 2.52 bits per heavy atom. The SMILES string of the molecule is Cc1c(NC(=O)CSc2nccn2-c2ccc(Br)cc2)c(=O)n(-c2ccccc2)n1C. The molecule has 0 saturated heterocycles. The molecule has 0 aliphatic rings. The third-order valence-corrected chi connectivity index (χ3v) is 6.36. The van der Waals surface area contributed by atoms with Crippen LogP contribution in [0.25, 0.3) is 11.4 Å². The monoisotopic (exact) mass is 497 g/mol. The molecule has 1 amide bonds. The molecule has 0 radical (unpaired) electrons. The molecule has 31 heavy (non-hydrogen) atoms. The topological polar surface area (TPSA) is 73.8 Å². The van der Waals surface area contributed by atoms with Crippen molar-refractivity contribution in [3.05, 3.63) is 87.5 Å². The normalized spacial score (nSPS) is 10.9. The molecule has 2 aromatic carbocycles. The number of nitrogens with zero attached hydrogens (tertiary/aromatic N) is 4. The minimum absolute atomic E-state index is 0.132. The van der Waals surface area contributed by atoms with Gasteiger partial charge < -0.3 is 5.32 Å². The summed E-state index contributed by atoms with van der Waals surface area (Å²) in [6, 6.07) is 17.2. The lowest BCUT2D eigenvalue weighted by molar-refractivity contribution is -0.113. The van der Waals surface area contributed by atoms with E-state index in [4.69, 9.17) is 0 Å². The van der Waals surface area contributed by atoms with Gasteiger partial charge in [0.25, 0.3) is 5.56 Å². The molecule has 0 bridgehead atoms. The van der Waals surface area contributed by atoms with Crippen molar-refractivity contribution in [3.63, 3.8) is 0 Å². The van der Waals surface area contributed by atoms with Crippen LogP contribution in [0.1, 0.15) is 5.69 Å². The maximum atomic E-state index is 12.9. The van der Waals surface area contributed by atoms with E-state index in [2.05, 4.69) is 26.2 Å². The van der Waals surface area contributed by atoms with Gasteiger partial charge in [0.05, 0.1) is 17.1 Å². The highest BCUT2D eigenvalue weighted by atomic mass is 79.9. The number of para-hydroxylation sites is 1. The highest BCUT2D eigenvalue weighted by molar-refractivity contribution is 9.10. The third kappa shape index (κ3) is 4.38. The van der Waals surface area contributed by atoms with E-state index in [1.54, 1.807) is 22.6 Å². The fourth-order valence-corrected chi connectivity index (χ4v) is 4.25. The molecule has 0 aliphatic heterocycles. The molecule has 0 aliphatic carbocycles. The first-order valence-corrected chi connectivity index (χ1v) is 11.3. The zero-order valence-electron chi connectivity index (χ0n) is 16.9. The Bertz CT molecular complexity index is 1280. The van der Waals surface area contributed by atoms with E-state index in [1.807, 2.05) is 72.3 Å². The van der Waals surface area contributed by atoms with Crippen LogP contribution in [0.4, 0.5) is 5.69 Å². The number of imidazole rings is 1. The van der Waals surface area contributed by atoms with E-state index >= 15 is 0 Å². The number of halogens is 1. The first-order chi connectivity index (χ1) is 15.0. The van der Waals surface area contributed by atoms with Crippen LogP contribution in [0.5, 0.6) is 0 Å². The summed E-state index contributed by atoms with van der Waals surface area (Å²) in [4.78, 5) is 29.9. The molecule has 2 heterocycles. The van der Waals surface area contributed by atoms with Crippen LogP contribution in [-0.4, -0.2) is 30.6 Å². The molecule has 0 unspecified atom stereocenters. The molecule has 1 N–H and O–H groups in total. The lowest BCUT2D eigenvalue weighted by Gasteiger charge is -2.08.